The predicted molar refractivity (Wildman–Crippen MR) is 57.0 cm³/mol. The Balaban J connectivity index is 2.68. The monoisotopic (exact) mass is 194 g/mol. The predicted octanol–water partition coefficient (Wildman–Crippen LogP) is 1.67. The average molecular weight is 194 g/mol. The van der Waals surface area contributed by atoms with Crippen LogP contribution in [0.2, 0.25) is 0 Å². The molecule has 78 valence electrons. The number of hydrogen-bond donors (Lipinski definition) is 1. The van der Waals surface area contributed by atoms with E-state index in [0.717, 1.165) is 0 Å². The first-order valence-electron chi connectivity index (χ1n) is 4.94. The Kier molecular flexibility index (Phi) is 3.33. The lowest BCUT2D eigenvalue weighted by atomic mass is 10.2. The highest BCUT2D eigenvalue weighted by Crippen LogP contribution is 2.12. The molecule has 14 heavy (non-hydrogen) atoms. The molecule has 0 unspecified atom stereocenters. The van der Waals surface area contributed by atoms with Gasteiger partial charge in [-0.15, -0.1) is 0 Å². The van der Waals surface area contributed by atoms with E-state index < -0.39 is 0 Å². The molecule has 0 aliphatic heterocycles. The first-order chi connectivity index (χ1) is 6.56. The molecular weight excluding hydrogens is 176 g/mol. The molecule has 0 saturated heterocycles. The van der Waals surface area contributed by atoms with E-state index in [0.29, 0.717) is 13.0 Å². The van der Waals surface area contributed by atoms with Crippen LogP contribution in [0.5, 0.6) is 0 Å². The van der Waals surface area contributed by atoms with Gasteiger partial charge < -0.3 is 9.88 Å². The summed E-state index contributed by atoms with van der Waals surface area (Å²) in [5.74, 6) is 0.103. The number of carbonyl (C=O) groups excluding carboxylic acids is 1. The summed E-state index contributed by atoms with van der Waals surface area (Å²) >= 11 is 0. The Morgan fingerprint density at radius 1 is 1.50 bits per heavy atom. The zero-order valence-electron chi connectivity index (χ0n) is 9.35. The fourth-order valence-corrected chi connectivity index (χ4v) is 1.43. The molecule has 0 aliphatic rings. The zero-order chi connectivity index (χ0) is 10.7. The van der Waals surface area contributed by atoms with Gasteiger partial charge in [0.15, 0.2) is 0 Å². The van der Waals surface area contributed by atoms with Crippen molar-refractivity contribution in [2.24, 2.45) is 7.05 Å². The molecule has 0 aromatic carbocycles. The maximum absolute atomic E-state index is 11.1. The van der Waals surface area contributed by atoms with Crippen LogP contribution in [0, 0.1) is 13.8 Å². The fraction of sp³-hybridized carbons (Fsp3) is 0.545. The van der Waals surface area contributed by atoms with Gasteiger partial charge in [0.05, 0.1) is 0 Å². The minimum Gasteiger partial charge on any atom is -0.352 e. The third kappa shape index (κ3) is 2.16. The van der Waals surface area contributed by atoms with Crippen LogP contribution >= 0.6 is 0 Å². The summed E-state index contributed by atoms with van der Waals surface area (Å²) in [5, 5.41) is 2.88. The summed E-state index contributed by atoms with van der Waals surface area (Å²) in [7, 11) is 2.04. The highest BCUT2D eigenvalue weighted by molar-refractivity contribution is 5.75. The zero-order valence-corrected chi connectivity index (χ0v) is 9.35. The van der Waals surface area contributed by atoms with Gasteiger partial charge in [-0.2, -0.15) is 0 Å². The molecule has 3 nitrogen and oxygen atoms in total. The molecule has 0 saturated carbocycles. The van der Waals surface area contributed by atoms with Crippen LogP contribution < -0.4 is 5.32 Å². The van der Waals surface area contributed by atoms with Crippen molar-refractivity contribution in [2.45, 2.75) is 33.7 Å². The number of carbonyl (C=O) groups is 1. The van der Waals surface area contributed by atoms with Crippen LogP contribution in [0.25, 0.3) is 0 Å². The Hall–Kier alpha value is -1.25. The molecular formula is C11H18N2O. The van der Waals surface area contributed by atoms with Gasteiger partial charge in [0.2, 0.25) is 5.91 Å². The molecule has 1 aromatic heterocycles. The molecule has 0 atom stereocenters. The third-order valence-corrected chi connectivity index (χ3v) is 2.68. The van der Waals surface area contributed by atoms with Gasteiger partial charge in [-0.3, -0.25) is 4.79 Å². The van der Waals surface area contributed by atoms with Crippen molar-refractivity contribution in [2.75, 3.05) is 0 Å². The molecule has 1 N–H and O–H groups in total. The number of nitrogens with one attached hydrogen (secondary N) is 1. The molecule has 0 radical (unpaired) electrons. The van der Waals surface area contributed by atoms with Gasteiger partial charge in [-0.05, 0) is 25.5 Å². The van der Waals surface area contributed by atoms with Crippen molar-refractivity contribution in [3.05, 3.63) is 23.0 Å². The van der Waals surface area contributed by atoms with Crippen LogP contribution in [0.15, 0.2) is 6.07 Å². The van der Waals surface area contributed by atoms with Gasteiger partial charge in [0.1, 0.15) is 0 Å². The number of aromatic nitrogens is 1. The van der Waals surface area contributed by atoms with E-state index in [4.69, 9.17) is 0 Å². The van der Waals surface area contributed by atoms with Gasteiger partial charge in [-0.1, -0.05) is 6.92 Å². The molecule has 0 fully saturated rings. The summed E-state index contributed by atoms with van der Waals surface area (Å²) in [5.41, 5.74) is 3.65. The maximum Gasteiger partial charge on any atom is 0.219 e. The van der Waals surface area contributed by atoms with Crippen LogP contribution in [0.3, 0.4) is 0 Å². The summed E-state index contributed by atoms with van der Waals surface area (Å²) in [6, 6.07) is 2.12. The Morgan fingerprint density at radius 2 is 2.14 bits per heavy atom. The van der Waals surface area contributed by atoms with Gasteiger partial charge in [-0.25, -0.2) is 0 Å². The van der Waals surface area contributed by atoms with E-state index in [2.05, 4.69) is 29.8 Å². The third-order valence-electron chi connectivity index (χ3n) is 2.68. The minimum absolute atomic E-state index is 0.103. The van der Waals surface area contributed by atoms with Gasteiger partial charge in [0, 0.05) is 31.4 Å². The quantitative estimate of drug-likeness (QED) is 0.780. The van der Waals surface area contributed by atoms with E-state index in [9.17, 15) is 4.79 Å². The molecule has 1 heterocycles. The van der Waals surface area contributed by atoms with Crippen molar-refractivity contribution in [3.63, 3.8) is 0 Å². The second-order valence-corrected chi connectivity index (χ2v) is 3.59. The maximum atomic E-state index is 11.1. The average Bonchev–Trinajstić information content (AvgIpc) is 2.42. The van der Waals surface area contributed by atoms with Crippen LogP contribution in [-0.4, -0.2) is 10.5 Å². The largest absolute Gasteiger partial charge is 0.352 e. The first kappa shape index (κ1) is 10.8. The van der Waals surface area contributed by atoms with Crippen molar-refractivity contribution < 1.29 is 4.79 Å². The lowest BCUT2D eigenvalue weighted by molar-refractivity contribution is -0.120. The molecule has 0 aliphatic carbocycles. The lowest BCUT2D eigenvalue weighted by Crippen LogP contribution is -2.21. The molecule has 0 bridgehead atoms. The molecule has 0 spiro atoms. The summed E-state index contributed by atoms with van der Waals surface area (Å²) < 4.78 is 2.13. The number of aryl methyl sites for hydroxylation is 1. The standard InChI is InChI=1S/C11H18N2O/c1-5-11(14)12-7-10-6-8(2)13(4)9(10)3/h6H,5,7H2,1-4H3,(H,12,14). The topological polar surface area (TPSA) is 34.0 Å². The van der Waals surface area contributed by atoms with Crippen LogP contribution in [-0.2, 0) is 18.4 Å². The molecule has 3 heteroatoms. The van der Waals surface area contributed by atoms with Crippen molar-refractivity contribution in [1.82, 2.24) is 9.88 Å². The number of nitrogens with zero attached hydrogens (tertiary/aromatic N) is 1. The highest BCUT2D eigenvalue weighted by Gasteiger charge is 2.06. The second-order valence-electron chi connectivity index (χ2n) is 3.59. The van der Waals surface area contributed by atoms with Crippen molar-refractivity contribution in [3.8, 4) is 0 Å². The first-order valence-corrected chi connectivity index (χ1v) is 4.94. The van der Waals surface area contributed by atoms with Gasteiger partial charge in [0.25, 0.3) is 0 Å². The summed E-state index contributed by atoms with van der Waals surface area (Å²) in [4.78, 5) is 11.1. The lowest BCUT2D eigenvalue weighted by Gasteiger charge is -2.04. The van der Waals surface area contributed by atoms with E-state index in [1.165, 1.54) is 17.0 Å². The van der Waals surface area contributed by atoms with E-state index in [-0.39, 0.29) is 5.91 Å². The SMILES string of the molecule is CCC(=O)NCc1cc(C)n(C)c1C. The minimum atomic E-state index is 0.103. The van der Waals surface area contributed by atoms with E-state index >= 15 is 0 Å². The van der Waals surface area contributed by atoms with Crippen molar-refractivity contribution >= 4 is 5.91 Å². The fourth-order valence-electron chi connectivity index (χ4n) is 1.43. The second kappa shape index (κ2) is 4.31. The summed E-state index contributed by atoms with van der Waals surface area (Å²) in [6.45, 7) is 6.64. The van der Waals surface area contributed by atoms with E-state index in [1.807, 2.05) is 14.0 Å². The normalized spacial score (nSPS) is 10.3. The number of hydrogen-bond acceptors (Lipinski definition) is 1. The van der Waals surface area contributed by atoms with E-state index in [1.54, 1.807) is 0 Å². The molecule has 1 aromatic rings. The Morgan fingerprint density at radius 3 is 2.57 bits per heavy atom. The highest BCUT2D eigenvalue weighted by atomic mass is 16.1. The molecule has 1 rings (SSSR count). The molecule has 1 amide bonds. The Bertz CT molecular complexity index is 339. The number of rotatable bonds is 3. The van der Waals surface area contributed by atoms with Crippen LogP contribution in [0.1, 0.15) is 30.3 Å². The van der Waals surface area contributed by atoms with Crippen molar-refractivity contribution in [1.29, 1.82) is 0 Å². The number of amides is 1. The Labute approximate surface area is 85.1 Å². The van der Waals surface area contributed by atoms with Crippen LogP contribution in [0.4, 0.5) is 0 Å². The smallest absolute Gasteiger partial charge is 0.219 e. The summed E-state index contributed by atoms with van der Waals surface area (Å²) in [6.07, 6.45) is 0.546. The van der Waals surface area contributed by atoms with Gasteiger partial charge >= 0.3 is 0 Å².